The van der Waals surface area contributed by atoms with Gasteiger partial charge in [-0.2, -0.15) is 34.2 Å². The van der Waals surface area contributed by atoms with Crippen LogP contribution in [0.5, 0.6) is 23.0 Å². The maximum absolute atomic E-state index is 6.69. The van der Waals surface area contributed by atoms with Gasteiger partial charge in [-0.3, -0.25) is 9.97 Å². The van der Waals surface area contributed by atoms with Crippen LogP contribution in [0, 0.1) is 49.9 Å². The molecule has 0 unspecified atom stereocenters. The summed E-state index contributed by atoms with van der Waals surface area (Å²) in [4.78, 5) is 18.7. The monoisotopic (exact) mass is 928 g/mol. The molecule has 9 heteroatoms. The van der Waals surface area contributed by atoms with Crippen molar-refractivity contribution in [3.8, 4) is 56.6 Å². The van der Waals surface area contributed by atoms with Crippen molar-refractivity contribution in [1.82, 2.24) is 19.9 Å². The second kappa shape index (κ2) is 18.2. The minimum atomic E-state index is -0.331. The molecule has 1 aliphatic heterocycles. The van der Waals surface area contributed by atoms with Crippen molar-refractivity contribution in [3.05, 3.63) is 150 Å². The molecule has 0 spiro atoms. The van der Waals surface area contributed by atoms with Gasteiger partial charge in [-0.05, 0) is 43.4 Å². The Balaban J connectivity index is 0.00000275. The Morgan fingerprint density at radius 2 is 1.00 bits per heavy atom. The molecule has 0 atom stereocenters. The zero-order chi connectivity index (χ0) is 38.1. The first-order chi connectivity index (χ1) is 26.7. The van der Waals surface area contributed by atoms with Crippen LogP contribution in [0.15, 0.2) is 104 Å². The smallest absolute Gasteiger partial charge is 0.503 e. The van der Waals surface area contributed by atoms with Crippen LogP contribution >= 0.6 is 0 Å². The summed E-state index contributed by atoms with van der Waals surface area (Å²) in [5.74, 6) is 3.40. The summed E-state index contributed by atoms with van der Waals surface area (Å²) in [6.07, 6.45) is 8.91. The number of hydrogen-bond acceptors (Lipinski definition) is 6. The van der Waals surface area contributed by atoms with Crippen LogP contribution in [0.25, 0.3) is 33.6 Å². The average molecular weight is 930 g/mol. The van der Waals surface area contributed by atoms with Gasteiger partial charge in [0.15, 0.2) is 0 Å². The number of rotatable bonds is 11. The standard InChI is InChI=1S/C48H41BN4O2.2Pd/c1-30(2)22-36-10-8-34(44-24-32(5)16-20-50-44)26-46(36)54-38-12-14-40-41-15-13-39(29-43(41)49(42(40)28-38)48-52-18-7-19-53-48)55-47-27-35(9-11-37(47)23-31(3)4)45-25-33(6)17-21-51-45;;/h7-21,24-25,30-31H,22-23H2,1-6H3;;/q-4;2*+2. The van der Waals surface area contributed by atoms with E-state index < -0.39 is 0 Å². The molecule has 1 aliphatic rings. The molecule has 0 aliphatic carbocycles. The van der Waals surface area contributed by atoms with Gasteiger partial charge in [0.05, 0.1) is 5.72 Å². The molecule has 3 aromatic heterocycles. The quantitative estimate of drug-likeness (QED) is 0.0955. The maximum atomic E-state index is 6.69. The van der Waals surface area contributed by atoms with Crippen molar-refractivity contribution in [2.24, 2.45) is 11.8 Å². The molecule has 6 nitrogen and oxygen atoms in total. The Bertz CT molecular complexity index is 2360. The van der Waals surface area contributed by atoms with Crippen LogP contribution in [-0.2, 0) is 53.7 Å². The predicted molar refractivity (Wildman–Crippen MR) is 220 cm³/mol. The van der Waals surface area contributed by atoms with Crippen LogP contribution in [-0.4, -0.2) is 26.6 Å². The van der Waals surface area contributed by atoms with Crippen LogP contribution in [0.2, 0.25) is 0 Å². The number of pyridine rings is 2. The Kier molecular flexibility index (Phi) is 13.4. The van der Waals surface area contributed by atoms with E-state index in [0.717, 1.165) is 79.7 Å². The van der Waals surface area contributed by atoms with E-state index in [2.05, 4.69) is 124 Å². The Morgan fingerprint density at radius 3 is 1.42 bits per heavy atom. The zero-order valence-corrected chi connectivity index (χ0v) is 35.8. The largest absolute Gasteiger partial charge is 2.00 e. The number of fused-ring (bicyclic) bond motifs is 3. The van der Waals surface area contributed by atoms with Crippen molar-refractivity contribution < 1.29 is 50.3 Å². The van der Waals surface area contributed by atoms with E-state index in [-0.39, 0.29) is 47.6 Å². The fraction of sp³-hybridized carbons (Fsp3) is 0.208. The van der Waals surface area contributed by atoms with Crippen LogP contribution in [0.1, 0.15) is 49.9 Å². The summed E-state index contributed by atoms with van der Waals surface area (Å²) in [7, 11) is 0. The van der Waals surface area contributed by atoms with E-state index >= 15 is 0 Å². The SMILES string of the molecule is Cc1ccnc(-c2[c-]c(Oc3[c-]c4c(cc3)-c3ccc(Oc5[c-]c(-c6cc(C)ccn6)ccc5CC(C)C)[c-]c3B4c3ncccn3)c(CC(C)C)cc2)c1.[Pd+2].[Pd+2]. The van der Waals surface area contributed by atoms with Crippen LogP contribution < -0.4 is 26.1 Å². The van der Waals surface area contributed by atoms with E-state index in [4.69, 9.17) is 19.4 Å². The molecule has 57 heavy (non-hydrogen) atoms. The minimum absolute atomic E-state index is 0. The maximum Gasteiger partial charge on any atom is 2.00 e. The summed E-state index contributed by atoms with van der Waals surface area (Å²) in [5.41, 5.74) is 12.5. The molecule has 0 N–H and O–H groups in total. The van der Waals surface area contributed by atoms with Gasteiger partial charge in [0.1, 0.15) is 0 Å². The zero-order valence-electron chi connectivity index (χ0n) is 32.7. The van der Waals surface area contributed by atoms with E-state index in [1.54, 1.807) is 12.4 Å². The van der Waals surface area contributed by atoms with Crippen molar-refractivity contribution in [1.29, 1.82) is 0 Å². The number of aryl methyl sites for hydroxylation is 2. The van der Waals surface area contributed by atoms with E-state index in [1.165, 1.54) is 0 Å². The van der Waals surface area contributed by atoms with E-state index in [9.17, 15) is 0 Å². The molecule has 0 fully saturated rings. The van der Waals surface area contributed by atoms with Crippen LogP contribution in [0.4, 0.5) is 0 Å². The minimum Gasteiger partial charge on any atom is -0.503 e. The molecule has 4 aromatic carbocycles. The van der Waals surface area contributed by atoms with Crippen molar-refractivity contribution in [3.63, 3.8) is 0 Å². The molecule has 0 amide bonds. The first-order valence-electron chi connectivity index (χ1n) is 18.9. The number of hydrogen-bond donors (Lipinski definition) is 0. The van der Waals surface area contributed by atoms with E-state index in [1.807, 2.05) is 42.7 Å². The fourth-order valence-corrected chi connectivity index (χ4v) is 7.16. The molecule has 0 radical (unpaired) electrons. The van der Waals surface area contributed by atoms with Crippen molar-refractivity contribution >= 4 is 23.4 Å². The first kappa shape index (κ1) is 41.9. The predicted octanol–water partition coefficient (Wildman–Crippen LogP) is 8.89. The molecular weight excluding hydrogens is 888 g/mol. The number of benzene rings is 4. The Morgan fingerprint density at radius 1 is 0.544 bits per heavy atom. The second-order valence-electron chi connectivity index (χ2n) is 15.1. The van der Waals surface area contributed by atoms with Gasteiger partial charge >= 0.3 is 40.8 Å². The van der Waals surface area contributed by atoms with Gasteiger partial charge in [-0.15, -0.1) is 59.7 Å². The number of nitrogens with zero attached hydrogens (tertiary/aromatic N) is 4. The van der Waals surface area contributed by atoms with Gasteiger partial charge in [0.2, 0.25) is 6.71 Å². The van der Waals surface area contributed by atoms with Gasteiger partial charge < -0.3 is 19.4 Å². The summed E-state index contributed by atoms with van der Waals surface area (Å²) >= 11 is 0. The Hall–Kier alpha value is -4.75. The van der Waals surface area contributed by atoms with Gasteiger partial charge in [-0.1, -0.05) is 98.9 Å². The summed E-state index contributed by atoms with van der Waals surface area (Å²) in [6.45, 7) is 12.6. The van der Waals surface area contributed by atoms with E-state index in [0.29, 0.717) is 40.6 Å². The summed E-state index contributed by atoms with van der Waals surface area (Å²) < 4.78 is 13.4. The third-order valence-electron chi connectivity index (χ3n) is 9.66. The van der Waals surface area contributed by atoms with Gasteiger partial charge in [0, 0.05) is 47.8 Å². The molecule has 0 saturated heterocycles. The Labute approximate surface area is 364 Å². The number of ether oxygens (including phenoxy) is 2. The molecular formula is C48H41BN4O2Pd2. The van der Waals surface area contributed by atoms with Crippen molar-refractivity contribution in [2.45, 2.75) is 54.4 Å². The summed E-state index contributed by atoms with van der Waals surface area (Å²) in [6, 6.07) is 40.9. The normalized spacial score (nSPS) is 11.5. The second-order valence-corrected chi connectivity index (χ2v) is 15.1. The molecule has 288 valence electrons. The number of aromatic nitrogens is 4. The topological polar surface area (TPSA) is 70.0 Å². The third-order valence-corrected chi connectivity index (χ3v) is 9.66. The first-order valence-corrected chi connectivity index (χ1v) is 18.9. The van der Waals surface area contributed by atoms with Gasteiger partial charge in [0.25, 0.3) is 0 Å². The molecule has 7 aromatic rings. The average Bonchev–Trinajstić information content (AvgIpc) is 3.49. The molecule has 8 rings (SSSR count). The fourth-order valence-electron chi connectivity index (χ4n) is 7.16. The third kappa shape index (κ3) is 9.36. The molecule has 0 bridgehead atoms. The molecule has 4 heterocycles. The summed E-state index contributed by atoms with van der Waals surface area (Å²) in [5, 5.41) is 0. The molecule has 0 saturated carbocycles. The van der Waals surface area contributed by atoms with Crippen LogP contribution in [0.3, 0.4) is 0 Å². The van der Waals surface area contributed by atoms with Crippen molar-refractivity contribution in [2.75, 3.05) is 0 Å². The van der Waals surface area contributed by atoms with Gasteiger partial charge in [-0.25, -0.2) is 0 Å².